The number of carbonyl (C=O) groups excluding carboxylic acids is 2. The SMILES string of the molecule is CO.NC(=O)C1=CNCCC1.NC(=O)c1cccnc1. The van der Waals surface area contributed by atoms with E-state index in [1.165, 1.54) is 6.20 Å². The molecule has 0 atom stereocenters. The number of hydrogen-bond acceptors (Lipinski definition) is 5. The van der Waals surface area contributed by atoms with E-state index in [1.807, 2.05) is 0 Å². The van der Waals surface area contributed by atoms with Crippen LogP contribution < -0.4 is 16.8 Å². The second-order valence-corrected chi connectivity index (χ2v) is 3.70. The van der Waals surface area contributed by atoms with E-state index in [4.69, 9.17) is 16.6 Å². The van der Waals surface area contributed by atoms with E-state index in [0.29, 0.717) is 11.1 Å². The zero-order valence-electron chi connectivity index (χ0n) is 11.4. The van der Waals surface area contributed by atoms with Crippen molar-refractivity contribution in [2.24, 2.45) is 11.5 Å². The number of primary amides is 2. The highest BCUT2D eigenvalue weighted by molar-refractivity contribution is 5.92. The molecular formula is C13H20N4O3. The largest absolute Gasteiger partial charge is 0.400 e. The van der Waals surface area contributed by atoms with Gasteiger partial charge in [0.2, 0.25) is 11.8 Å². The van der Waals surface area contributed by atoms with Gasteiger partial charge in [0.15, 0.2) is 0 Å². The number of hydrogen-bond donors (Lipinski definition) is 4. The van der Waals surface area contributed by atoms with Gasteiger partial charge in [-0.3, -0.25) is 14.6 Å². The van der Waals surface area contributed by atoms with Crippen LogP contribution in [0.5, 0.6) is 0 Å². The van der Waals surface area contributed by atoms with Crippen molar-refractivity contribution in [3.05, 3.63) is 41.9 Å². The van der Waals surface area contributed by atoms with E-state index in [-0.39, 0.29) is 5.91 Å². The predicted octanol–water partition coefficient (Wildman–Crippen LogP) is -0.472. The minimum atomic E-state index is -0.442. The number of carbonyl (C=O) groups is 2. The number of pyridine rings is 1. The molecule has 7 heteroatoms. The van der Waals surface area contributed by atoms with Crippen molar-refractivity contribution in [1.82, 2.24) is 10.3 Å². The minimum Gasteiger partial charge on any atom is -0.400 e. The second-order valence-electron chi connectivity index (χ2n) is 3.70. The van der Waals surface area contributed by atoms with Crippen molar-refractivity contribution < 1.29 is 14.7 Å². The Morgan fingerprint density at radius 3 is 2.30 bits per heavy atom. The summed E-state index contributed by atoms with van der Waals surface area (Å²) in [4.78, 5) is 24.6. The lowest BCUT2D eigenvalue weighted by Gasteiger charge is -2.10. The average Bonchev–Trinajstić information content (AvgIpc) is 2.51. The standard InChI is InChI=1S/C6H10N2O.C6H6N2O.CH4O/c2*7-6(9)5-2-1-3-8-4-5;1-2/h4,8H,1-3H2,(H2,7,9);1-4H,(H2,7,9);2H,1H3. The Labute approximate surface area is 117 Å². The number of rotatable bonds is 2. The first-order valence-corrected chi connectivity index (χ1v) is 5.98. The fourth-order valence-electron chi connectivity index (χ4n) is 1.35. The maximum absolute atomic E-state index is 10.5. The van der Waals surface area contributed by atoms with Gasteiger partial charge in [-0.2, -0.15) is 0 Å². The van der Waals surface area contributed by atoms with Crippen LogP contribution >= 0.6 is 0 Å². The zero-order valence-corrected chi connectivity index (χ0v) is 11.4. The number of nitrogens with zero attached hydrogens (tertiary/aromatic N) is 1. The van der Waals surface area contributed by atoms with E-state index in [1.54, 1.807) is 24.5 Å². The number of aromatic nitrogens is 1. The molecule has 0 aliphatic carbocycles. The maximum atomic E-state index is 10.5. The first-order valence-electron chi connectivity index (χ1n) is 5.98. The van der Waals surface area contributed by atoms with Gasteiger partial charge in [0.25, 0.3) is 0 Å². The second kappa shape index (κ2) is 10.5. The molecule has 7 nitrogen and oxygen atoms in total. The molecule has 1 aliphatic heterocycles. The summed E-state index contributed by atoms with van der Waals surface area (Å²) in [5.74, 6) is -0.745. The van der Waals surface area contributed by atoms with Gasteiger partial charge in [-0.05, 0) is 25.0 Å². The molecule has 6 N–H and O–H groups in total. The van der Waals surface area contributed by atoms with Gasteiger partial charge >= 0.3 is 0 Å². The molecule has 0 bridgehead atoms. The number of amides is 2. The molecule has 0 saturated heterocycles. The van der Waals surface area contributed by atoms with Crippen LogP contribution in [0, 0.1) is 0 Å². The number of aliphatic hydroxyl groups is 1. The summed E-state index contributed by atoms with van der Waals surface area (Å²) < 4.78 is 0. The summed E-state index contributed by atoms with van der Waals surface area (Å²) in [7, 11) is 1.00. The number of nitrogens with one attached hydrogen (secondary N) is 1. The fourth-order valence-corrected chi connectivity index (χ4v) is 1.35. The summed E-state index contributed by atoms with van der Waals surface area (Å²) >= 11 is 0. The third-order valence-corrected chi connectivity index (χ3v) is 2.31. The Bertz CT molecular complexity index is 446. The smallest absolute Gasteiger partial charge is 0.250 e. The molecule has 0 fully saturated rings. The van der Waals surface area contributed by atoms with Gasteiger partial charge in [0.05, 0.1) is 5.56 Å². The minimum absolute atomic E-state index is 0.304. The summed E-state index contributed by atoms with van der Waals surface area (Å²) in [6.07, 6.45) is 6.55. The van der Waals surface area contributed by atoms with Crippen molar-refractivity contribution in [2.45, 2.75) is 12.8 Å². The molecule has 1 aliphatic rings. The fraction of sp³-hybridized carbons (Fsp3) is 0.308. The van der Waals surface area contributed by atoms with Crippen LogP contribution in [0.4, 0.5) is 0 Å². The van der Waals surface area contributed by atoms with Gasteiger partial charge in [-0.15, -0.1) is 0 Å². The molecule has 20 heavy (non-hydrogen) atoms. The highest BCUT2D eigenvalue weighted by Gasteiger charge is 2.06. The first kappa shape index (κ1) is 17.6. The highest BCUT2D eigenvalue weighted by Crippen LogP contribution is 2.05. The van der Waals surface area contributed by atoms with Crippen molar-refractivity contribution in [2.75, 3.05) is 13.7 Å². The molecule has 0 unspecified atom stereocenters. The third-order valence-electron chi connectivity index (χ3n) is 2.31. The lowest BCUT2D eigenvalue weighted by molar-refractivity contribution is -0.114. The monoisotopic (exact) mass is 280 g/mol. The van der Waals surface area contributed by atoms with Crippen molar-refractivity contribution in [1.29, 1.82) is 0 Å². The Hall–Kier alpha value is -2.41. The Kier molecular flexibility index (Phi) is 9.24. The van der Waals surface area contributed by atoms with Crippen LogP contribution in [-0.2, 0) is 4.79 Å². The van der Waals surface area contributed by atoms with Gasteiger partial charge in [0, 0.05) is 37.8 Å². The lowest BCUT2D eigenvalue weighted by Crippen LogP contribution is -2.22. The van der Waals surface area contributed by atoms with E-state index in [0.717, 1.165) is 26.5 Å². The van der Waals surface area contributed by atoms with Crippen molar-refractivity contribution in [3.8, 4) is 0 Å². The molecular weight excluding hydrogens is 260 g/mol. The zero-order chi connectivity index (χ0) is 15.4. The van der Waals surface area contributed by atoms with E-state index in [2.05, 4.69) is 10.3 Å². The first-order chi connectivity index (χ1) is 9.61. The number of nitrogens with two attached hydrogens (primary N) is 2. The van der Waals surface area contributed by atoms with Gasteiger partial charge in [-0.25, -0.2) is 0 Å². The van der Waals surface area contributed by atoms with Gasteiger partial charge in [-0.1, -0.05) is 0 Å². The third kappa shape index (κ3) is 7.12. The van der Waals surface area contributed by atoms with Crippen LogP contribution in [0.15, 0.2) is 36.3 Å². The molecule has 2 heterocycles. The molecule has 0 saturated carbocycles. The predicted molar refractivity (Wildman–Crippen MR) is 75.4 cm³/mol. The Morgan fingerprint density at radius 2 is 2.00 bits per heavy atom. The van der Waals surface area contributed by atoms with E-state index in [9.17, 15) is 9.59 Å². The normalized spacial score (nSPS) is 12.4. The van der Waals surface area contributed by atoms with Gasteiger partial charge < -0.3 is 21.9 Å². The summed E-state index contributed by atoms with van der Waals surface area (Å²) in [5.41, 5.74) is 11.1. The molecule has 2 amide bonds. The van der Waals surface area contributed by atoms with Gasteiger partial charge in [0.1, 0.15) is 0 Å². The molecule has 110 valence electrons. The topological polar surface area (TPSA) is 131 Å². The quantitative estimate of drug-likeness (QED) is 0.581. The van der Waals surface area contributed by atoms with Crippen LogP contribution in [0.3, 0.4) is 0 Å². The Balaban J connectivity index is 0.000000321. The van der Waals surface area contributed by atoms with Crippen molar-refractivity contribution in [3.63, 3.8) is 0 Å². The van der Waals surface area contributed by atoms with Crippen molar-refractivity contribution >= 4 is 11.8 Å². The average molecular weight is 280 g/mol. The van der Waals surface area contributed by atoms with Crippen LogP contribution in [0.2, 0.25) is 0 Å². The molecule has 2 rings (SSSR count). The van der Waals surface area contributed by atoms with Crippen LogP contribution in [-0.4, -0.2) is 35.6 Å². The Morgan fingerprint density at radius 1 is 1.30 bits per heavy atom. The molecule has 0 radical (unpaired) electrons. The molecule has 0 spiro atoms. The maximum Gasteiger partial charge on any atom is 0.250 e. The molecule has 0 aromatic carbocycles. The van der Waals surface area contributed by atoms with Crippen LogP contribution in [0.1, 0.15) is 23.2 Å². The summed E-state index contributed by atoms with van der Waals surface area (Å²) in [6.45, 7) is 0.955. The van der Waals surface area contributed by atoms with E-state index >= 15 is 0 Å². The van der Waals surface area contributed by atoms with Crippen LogP contribution in [0.25, 0.3) is 0 Å². The highest BCUT2D eigenvalue weighted by atomic mass is 16.2. The molecule has 1 aromatic heterocycles. The summed E-state index contributed by atoms with van der Waals surface area (Å²) in [5, 5.41) is 9.95. The van der Waals surface area contributed by atoms with E-state index < -0.39 is 5.91 Å². The lowest BCUT2D eigenvalue weighted by atomic mass is 10.1. The number of aliphatic hydroxyl groups excluding tert-OH is 1. The molecule has 1 aromatic rings. The summed E-state index contributed by atoms with van der Waals surface area (Å²) in [6, 6.07) is 3.29.